The Balaban J connectivity index is 1.76. The van der Waals surface area contributed by atoms with Crippen LogP contribution in [0.2, 0.25) is 0 Å². The van der Waals surface area contributed by atoms with Crippen LogP contribution in [0.15, 0.2) is 30.3 Å². The highest BCUT2D eigenvalue weighted by Gasteiger charge is 2.26. The molecule has 0 atom stereocenters. The molecule has 0 N–H and O–H groups in total. The highest BCUT2D eigenvalue weighted by molar-refractivity contribution is 5.67. The fraction of sp³-hybridized carbons (Fsp3) is 0.500. The Kier molecular flexibility index (Phi) is 5.60. The van der Waals surface area contributed by atoms with Gasteiger partial charge in [0.05, 0.1) is 0 Å². The molecule has 1 aromatic carbocycles. The van der Waals surface area contributed by atoms with Crippen molar-refractivity contribution in [3.05, 3.63) is 35.9 Å². The number of nitrogens with zero attached hydrogens (tertiary/aromatic N) is 2. The molecule has 0 radical (unpaired) electrons. The zero-order chi connectivity index (χ0) is 15.1. The largest absolute Gasteiger partial charge is 0.445 e. The van der Waals surface area contributed by atoms with Gasteiger partial charge in [-0.05, 0) is 25.3 Å². The van der Waals surface area contributed by atoms with Gasteiger partial charge in [0, 0.05) is 25.7 Å². The predicted molar refractivity (Wildman–Crippen MR) is 79.7 cm³/mol. The molecule has 0 bridgehead atoms. The Morgan fingerprint density at radius 2 is 2.00 bits per heavy atom. The first-order valence-corrected chi connectivity index (χ1v) is 7.41. The van der Waals surface area contributed by atoms with Crippen molar-refractivity contribution < 1.29 is 14.3 Å². The molecule has 2 amide bonds. The van der Waals surface area contributed by atoms with Crippen LogP contribution in [0.3, 0.4) is 0 Å². The number of ether oxygens (including phenoxy) is 1. The molecule has 1 aromatic rings. The molecule has 1 saturated heterocycles. The molecule has 21 heavy (non-hydrogen) atoms. The lowest BCUT2D eigenvalue weighted by Crippen LogP contribution is -2.46. The number of carbonyl (C=O) groups excluding carboxylic acids is 2. The number of piperidine rings is 1. The Hall–Kier alpha value is -2.04. The van der Waals surface area contributed by atoms with E-state index >= 15 is 0 Å². The van der Waals surface area contributed by atoms with E-state index in [9.17, 15) is 9.59 Å². The van der Waals surface area contributed by atoms with Gasteiger partial charge in [-0.25, -0.2) is 4.79 Å². The lowest BCUT2D eigenvalue weighted by Gasteiger charge is -2.35. The predicted octanol–water partition coefficient (Wildman–Crippen LogP) is 2.27. The molecule has 0 aliphatic carbocycles. The first kappa shape index (κ1) is 15.4. The van der Waals surface area contributed by atoms with Gasteiger partial charge >= 0.3 is 6.09 Å². The Bertz CT molecular complexity index is 456. The van der Waals surface area contributed by atoms with Crippen molar-refractivity contribution >= 4 is 12.5 Å². The summed E-state index contributed by atoms with van der Waals surface area (Å²) in [7, 11) is 0. The lowest BCUT2D eigenvalue weighted by molar-refractivity contribution is -0.120. The maximum absolute atomic E-state index is 12.0. The van der Waals surface area contributed by atoms with Gasteiger partial charge in [-0.3, -0.25) is 4.79 Å². The van der Waals surface area contributed by atoms with Crippen LogP contribution in [0.5, 0.6) is 0 Å². The van der Waals surface area contributed by atoms with E-state index in [-0.39, 0.29) is 12.1 Å². The van der Waals surface area contributed by atoms with Gasteiger partial charge in [0.2, 0.25) is 6.41 Å². The van der Waals surface area contributed by atoms with Crippen LogP contribution < -0.4 is 0 Å². The van der Waals surface area contributed by atoms with Gasteiger partial charge in [-0.2, -0.15) is 0 Å². The summed E-state index contributed by atoms with van der Waals surface area (Å²) in [6.07, 6.45) is 2.25. The van der Waals surface area contributed by atoms with E-state index in [0.29, 0.717) is 26.2 Å². The normalized spacial score (nSPS) is 15.6. The molecule has 1 fully saturated rings. The molecule has 5 nitrogen and oxygen atoms in total. The number of benzene rings is 1. The first-order valence-electron chi connectivity index (χ1n) is 7.41. The Morgan fingerprint density at radius 1 is 1.33 bits per heavy atom. The quantitative estimate of drug-likeness (QED) is 0.782. The summed E-state index contributed by atoms with van der Waals surface area (Å²) in [4.78, 5) is 26.5. The molecular weight excluding hydrogens is 268 g/mol. The standard InChI is InChI=1S/C16H22N2O3/c1-2-17(13-19)15-8-10-18(11-9-15)16(20)21-12-14-6-4-3-5-7-14/h3-7,13,15H,2,8-12H2,1H3. The van der Waals surface area contributed by atoms with Gasteiger partial charge < -0.3 is 14.5 Å². The van der Waals surface area contributed by atoms with E-state index in [0.717, 1.165) is 24.8 Å². The lowest BCUT2D eigenvalue weighted by atomic mass is 10.0. The van der Waals surface area contributed by atoms with E-state index in [1.54, 1.807) is 9.80 Å². The van der Waals surface area contributed by atoms with E-state index in [1.807, 2.05) is 37.3 Å². The number of amides is 2. The number of carbonyl (C=O) groups is 2. The van der Waals surface area contributed by atoms with E-state index in [2.05, 4.69) is 0 Å². The van der Waals surface area contributed by atoms with Gasteiger partial charge in [0.1, 0.15) is 6.61 Å². The van der Waals surface area contributed by atoms with Crippen LogP contribution in [0, 0.1) is 0 Å². The van der Waals surface area contributed by atoms with Gasteiger partial charge in [0.25, 0.3) is 0 Å². The van der Waals surface area contributed by atoms with Gasteiger partial charge in [-0.15, -0.1) is 0 Å². The van der Waals surface area contributed by atoms with Crippen molar-refractivity contribution in [2.45, 2.75) is 32.4 Å². The average Bonchev–Trinajstić information content (AvgIpc) is 2.55. The average molecular weight is 290 g/mol. The zero-order valence-corrected chi connectivity index (χ0v) is 12.4. The maximum Gasteiger partial charge on any atom is 0.410 e. The van der Waals surface area contributed by atoms with Crippen molar-refractivity contribution in [2.24, 2.45) is 0 Å². The molecular formula is C16H22N2O3. The fourth-order valence-corrected chi connectivity index (χ4v) is 2.61. The Morgan fingerprint density at radius 3 is 2.57 bits per heavy atom. The monoisotopic (exact) mass is 290 g/mol. The summed E-state index contributed by atoms with van der Waals surface area (Å²) in [6, 6.07) is 9.89. The fourth-order valence-electron chi connectivity index (χ4n) is 2.61. The second-order valence-corrected chi connectivity index (χ2v) is 5.19. The third-order valence-corrected chi connectivity index (χ3v) is 3.90. The third kappa shape index (κ3) is 4.21. The minimum atomic E-state index is -0.272. The van der Waals surface area contributed by atoms with Crippen LogP contribution in [0.25, 0.3) is 0 Å². The van der Waals surface area contributed by atoms with Crippen molar-refractivity contribution in [1.82, 2.24) is 9.80 Å². The van der Waals surface area contributed by atoms with Gasteiger partial charge in [0.15, 0.2) is 0 Å². The molecule has 114 valence electrons. The second-order valence-electron chi connectivity index (χ2n) is 5.19. The summed E-state index contributed by atoms with van der Waals surface area (Å²) < 4.78 is 5.32. The molecule has 0 aromatic heterocycles. The third-order valence-electron chi connectivity index (χ3n) is 3.90. The van der Waals surface area contributed by atoms with Crippen LogP contribution >= 0.6 is 0 Å². The zero-order valence-electron chi connectivity index (χ0n) is 12.4. The molecule has 1 aliphatic heterocycles. The van der Waals surface area contributed by atoms with Crippen molar-refractivity contribution in [2.75, 3.05) is 19.6 Å². The summed E-state index contributed by atoms with van der Waals surface area (Å²) in [5, 5.41) is 0. The minimum Gasteiger partial charge on any atom is -0.445 e. The summed E-state index contributed by atoms with van der Waals surface area (Å²) in [6.45, 7) is 4.27. The smallest absolute Gasteiger partial charge is 0.410 e. The van der Waals surface area contributed by atoms with Crippen LogP contribution in [0.1, 0.15) is 25.3 Å². The van der Waals surface area contributed by atoms with Crippen molar-refractivity contribution in [3.8, 4) is 0 Å². The van der Waals surface area contributed by atoms with Crippen LogP contribution in [-0.2, 0) is 16.1 Å². The summed E-state index contributed by atoms with van der Waals surface area (Å²) in [5.74, 6) is 0. The first-order chi connectivity index (χ1) is 10.2. The molecule has 5 heteroatoms. The van der Waals surface area contributed by atoms with Crippen molar-refractivity contribution in [3.63, 3.8) is 0 Å². The van der Waals surface area contributed by atoms with Crippen LogP contribution in [-0.4, -0.2) is 48.0 Å². The van der Waals surface area contributed by atoms with Gasteiger partial charge in [-0.1, -0.05) is 30.3 Å². The van der Waals surface area contributed by atoms with Crippen molar-refractivity contribution in [1.29, 1.82) is 0 Å². The Labute approximate surface area is 125 Å². The highest BCUT2D eigenvalue weighted by Crippen LogP contribution is 2.16. The molecule has 0 saturated carbocycles. The van der Waals surface area contributed by atoms with E-state index < -0.39 is 0 Å². The molecule has 1 aliphatic rings. The molecule has 2 rings (SSSR count). The number of likely N-dealkylation sites (tertiary alicyclic amines) is 1. The van der Waals surface area contributed by atoms with E-state index in [1.165, 1.54) is 0 Å². The SMILES string of the molecule is CCN(C=O)C1CCN(C(=O)OCc2ccccc2)CC1. The number of hydrogen-bond acceptors (Lipinski definition) is 3. The number of rotatable bonds is 5. The molecule has 0 unspecified atom stereocenters. The highest BCUT2D eigenvalue weighted by atomic mass is 16.6. The second kappa shape index (κ2) is 7.67. The summed E-state index contributed by atoms with van der Waals surface area (Å²) in [5.41, 5.74) is 0.985. The van der Waals surface area contributed by atoms with E-state index in [4.69, 9.17) is 4.74 Å². The summed E-state index contributed by atoms with van der Waals surface area (Å²) >= 11 is 0. The molecule has 1 heterocycles. The van der Waals surface area contributed by atoms with Crippen LogP contribution in [0.4, 0.5) is 4.79 Å². The minimum absolute atomic E-state index is 0.241. The molecule has 0 spiro atoms. The topological polar surface area (TPSA) is 49.9 Å². The number of hydrogen-bond donors (Lipinski definition) is 0. The maximum atomic E-state index is 12.0.